The number of hydrogen-bond donors (Lipinski definition) is 0. The second-order valence-corrected chi connectivity index (χ2v) is 8.20. The molecule has 0 aliphatic carbocycles. The Morgan fingerprint density at radius 2 is 1.25 bits per heavy atom. The molecule has 0 radical (unpaired) electrons. The Hall–Kier alpha value is -2.91. The standard InChI is InChI=1S/C29H33NOS/c1-4-30(5-2)28(32)18-12-17-27(23-13-8-6-9-14-23)29(24-15-10-7-11-16-24)25-19-21-26(31-3)22-20-25/h6-11,13-16,19-22H,4-5,12,17-18H2,1-3H3/b29-27-. The molecule has 0 saturated carbocycles. The van der Waals surface area contributed by atoms with Crippen molar-refractivity contribution in [1.29, 1.82) is 0 Å². The van der Waals surface area contributed by atoms with E-state index in [1.165, 1.54) is 27.8 Å². The van der Waals surface area contributed by atoms with Gasteiger partial charge in [0.15, 0.2) is 0 Å². The maximum Gasteiger partial charge on any atom is 0.118 e. The van der Waals surface area contributed by atoms with E-state index in [4.69, 9.17) is 17.0 Å². The van der Waals surface area contributed by atoms with E-state index >= 15 is 0 Å². The lowest BCUT2D eigenvalue weighted by Gasteiger charge is -2.22. The molecule has 2 nitrogen and oxygen atoms in total. The molecule has 3 heteroatoms. The summed E-state index contributed by atoms with van der Waals surface area (Å²) in [4.78, 5) is 3.34. The molecule has 0 atom stereocenters. The summed E-state index contributed by atoms with van der Waals surface area (Å²) < 4.78 is 5.40. The van der Waals surface area contributed by atoms with Crippen molar-refractivity contribution < 1.29 is 4.74 Å². The zero-order valence-corrected chi connectivity index (χ0v) is 20.2. The quantitative estimate of drug-likeness (QED) is 0.238. The van der Waals surface area contributed by atoms with Crippen LogP contribution in [0.3, 0.4) is 0 Å². The molecule has 0 heterocycles. The van der Waals surface area contributed by atoms with Gasteiger partial charge in [0.25, 0.3) is 0 Å². The molecule has 166 valence electrons. The van der Waals surface area contributed by atoms with E-state index in [1.807, 2.05) is 12.1 Å². The number of ether oxygens (including phenoxy) is 1. The van der Waals surface area contributed by atoms with Gasteiger partial charge < -0.3 is 9.64 Å². The zero-order chi connectivity index (χ0) is 22.8. The second-order valence-electron chi connectivity index (χ2n) is 7.73. The van der Waals surface area contributed by atoms with Gasteiger partial charge in [-0.25, -0.2) is 0 Å². The number of allylic oxidation sites excluding steroid dienone is 1. The molecule has 0 saturated heterocycles. The summed E-state index contributed by atoms with van der Waals surface area (Å²) in [6.45, 7) is 6.28. The molecule has 3 aromatic rings. The van der Waals surface area contributed by atoms with Gasteiger partial charge in [0.05, 0.1) is 12.1 Å². The lowest BCUT2D eigenvalue weighted by Crippen LogP contribution is -2.28. The first-order valence-electron chi connectivity index (χ1n) is 11.4. The molecule has 3 aromatic carbocycles. The van der Waals surface area contributed by atoms with Crippen LogP contribution in [0.15, 0.2) is 84.9 Å². The normalized spacial score (nSPS) is 11.6. The van der Waals surface area contributed by atoms with Crippen molar-refractivity contribution in [1.82, 2.24) is 4.90 Å². The number of nitrogens with zero attached hydrogens (tertiary/aromatic N) is 1. The predicted octanol–water partition coefficient (Wildman–Crippen LogP) is 7.49. The molecular formula is C29H33NOS. The van der Waals surface area contributed by atoms with Crippen LogP contribution in [-0.2, 0) is 0 Å². The first-order valence-corrected chi connectivity index (χ1v) is 11.8. The molecule has 3 rings (SSSR count). The third-order valence-electron chi connectivity index (χ3n) is 5.80. The smallest absolute Gasteiger partial charge is 0.118 e. The van der Waals surface area contributed by atoms with Crippen LogP contribution < -0.4 is 4.74 Å². The summed E-state index contributed by atoms with van der Waals surface area (Å²) in [5, 5.41) is 0. The van der Waals surface area contributed by atoms with E-state index in [1.54, 1.807) is 7.11 Å². The maximum absolute atomic E-state index is 5.72. The number of rotatable bonds is 10. The third-order valence-corrected chi connectivity index (χ3v) is 6.26. The Kier molecular flexibility index (Phi) is 9.06. The van der Waals surface area contributed by atoms with Crippen LogP contribution in [0.5, 0.6) is 5.75 Å². The lowest BCUT2D eigenvalue weighted by atomic mass is 9.87. The molecule has 0 aliphatic heterocycles. The monoisotopic (exact) mass is 443 g/mol. The van der Waals surface area contributed by atoms with Crippen LogP contribution in [0.1, 0.15) is 49.8 Å². The lowest BCUT2D eigenvalue weighted by molar-refractivity contribution is 0.415. The minimum atomic E-state index is 0.868. The minimum Gasteiger partial charge on any atom is -0.497 e. The number of thiocarbonyl (C=S) groups is 1. The van der Waals surface area contributed by atoms with Gasteiger partial charge in [-0.05, 0) is 73.1 Å². The maximum atomic E-state index is 5.72. The Morgan fingerprint density at radius 1 is 0.719 bits per heavy atom. The van der Waals surface area contributed by atoms with Crippen molar-refractivity contribution in [3.05, 3.63) is 102 Å². The minimum absolute atomic E-state index is 0.868. The number of methoxy groups -OCH3 is 1. The summed E-state index contributed by atoms with van der Waals surface area (Å²) in [6, 6.07) is 29.8. The fourth-order valence-electron chi connectivity index (χ4n) is 4.08. The average Bonchev–Trinajstić information content (AvgIpc) is 2.85. The van der Waals surface area contributed by atoms with Gasteiger partial charge in [0.1, 0.15) is 5.75 Å². The van der Waals surface area contributed by atoms with E-state index in [0.29, 0.717) is 0 Å². The molecule has 0 fully saturated rings. The fourth-order valence-corrected chi connectivity index (χ4v) is 4.48. The summed E-state index contributed by atoms with van der Waals surface area (Å²) in [7, 11) is 1.71. The topological polar surface area (TPSA) is 12.5 Å². The molecular weight excluding hydrogens is 410 g/mol. The van der Waals surface area contributed by atoms with Crippen molar-refractivity contribution in [2.45, 2.75) is 33.1 Å². The first kappa shape index (κ1) is 23.7. The van der Waals surface area contributed by atoms with Gasteiger partial charge in [0.2, 0.25) is 0 Å². The Morgan fingerprint density at radius 3 is 1.78 bits per heavy atom. The van der Waals surface area contributed by atoms with Crippen LogP contribution in [0.2, 0.25) is 0 Å². The van der Waals surface area contributed by atoms with E-state index in [9.17, 15) is 0 Å². The largest absolute Gasteiger partial charge is 0.497 e. The second kappa shape index (κ2) is 12.2. The molecule has 0 spiro atoms. The highest BCUT2D eigenvalue weighted by Gasteiger charge is 2.15. The van der Waals surface area contributed by atoms with Gasteiger partial charge in [-0.3, -0.25) is 0 Å². The molecule has 0 aliphatic rings. The van der Waals surface area contributed by atoms with Gasteiger partial charge in [-0.1, -0.05) is 85.0 Å². The Bertz CT molecular complexity index is 1010. The number of benzene rings is 3. The Balaban J connectivity index is 2.05. The third kappa shape index (κ3) is 6.08. The van der Waals surface area contributed by atoms with Crippen LogP contribution in [0, 0.1) is 0 Å². The zero-order valence-electron chi connectivity index (χ0n) is 19.4. The molecule has 0 aromatic heterocycles. The summed E-state index contributed by atoms with van der Waals surface area (Å²) in [6.07, 6.45) is 2.91. The van der Waals surface area contributed by atoms with Crippen LogP contribution in [-0.4, -0.2) is 30.1 Å². The predicted molar refractivity (Wildman–Crippen MR) is 141 cm³/mol. The van der Waals surface area contributed by atoms with E-state index in [0.717, 1.165) is 43.1 Å². The van der Waals surface area contributed by atoms with E-state index in [2.05, 4.69) is 91.5 Å². The van der Waals surface area contributed by atoms with Gasteiger partial charge in [0, 0.05) is 13.1 Å². The summed E-state index contributed by atoms with van der Waals surface area (Å²) in [5.41, 5.74) is 6.30. The summed E-state index contributed by atoms with van der Waals surface area (Å²) >= 11 is 5.72. The van der Waals surface area contributed by atoms with Crippen LogP contribution in [0.25, 0.3) is 11.1 Å². The Labute approximate surface area is 198 Å². The van der Waals surface area contributed by atoms with Crippen molar-refractivity contribution in [3.8, 4) is 5.75 Å². The van der Waals surface area contributed by atoms with Crippen LogP contribution in [0.4, 0.5) is 0 Å². The van der Waals surface area contributed by atoms with Crippen LogP contribution >= 0.6 is 12.2 Å². The average molecular weight is 444 g/mol. The molecule has 0 unspecified atom stereocenters. The number of hydrogen-bond acceptors (Lipinski definition) is 2. The van der Waals surface area contributed by atoms with Gasteiger partial charge in [-0.2, -0.15) is 0 Å². The van der Waals surface area contributed by atoms with E-state index < -0.39 is 0 Å². The van der Waals surface area contributed by atoms with Gasteiger partial charge >= 0.3 is 0 Å². The summed E-state index contributed by atoms with van der Waals surface area (Å²) in [5.74, 6) is 0.868. The molecule has 0 bridgehead atoms. The van der Waals surface area contributed by atoms with Crippen molar-refractivity contribution in [2.75, 3.05) is 20.2 Å². The van der Waals surface area contributed by atoms with Crippen molar-refractivity contribution >= 4 is 28.4 Å². The molecule has 0 amide bonds. The van der Waals surface area contributed by atoms with Crippen molar-refractivity contribution in [3.63, 3.8) is 0 Å². The highest BCUT2D eigenvalue weighted by atomic mass is 32.1. The highest BCUT2D eigenvalue weighted by Crippen LogP contribution is 2.36. The fraction of sp³-hybridized carbons (Fsp3) is 0.276. The molecule has 32 heavy (non-hydrogen) atoms. The highest BCUT2D eigenvalue weighted by molar-refractivity contribution is 7.80. The SMILES string of the molecule is CCN(CC)C(=S)CCC/C(=C(\c1ccccc1)c1ccc(OC)cc1)c1ccccc1. The molecule has 0 N–H and O–H groups in total. The first-order chi connectivity index (χ1) is 15.7. The van der Waals surface area contributed by atoms with E-state index in [-0.39, 0.29) is 0 Å². The van der Waals surface area contributed by atoms with Gasteiger partial charge in [-0.15, -0.1) is 0 Å². The van der Waals surface area contributed by atoms with Crippen molar-refractivity contribution in [2.24, 2.45) is 0 Å².